The van der Waals surface area contributed by atoms with Gasteiger partial charge < -0.3 is 15.2 Å². The van der Waals surface area contributed by atoms with Gasteiger partial charge in [-0.1, -0.05) is 6.07 Å². The number of methoxy groups -OCH3 is 1. The van der Waals surface area contributed by atoms with Gasteiger partial charge in [0, 0.05) is 6.54 Å². The zero-order valence-corrected chi connectivity index (χ0v) is 9.69. The first kappa shape index (κ1) is 10.4. The lowest BCUT2D eigenvalue weighted by molar-refractivity contribution is -0.124. The number of nitrogens with one attached hydrogen (secondary N) is 1. The Balaban J connectivity index is 1.62. The second kappa shape index (κ2) is 3.39. The van der Waals surface area contributed by atoms with Crippen molar-refractivity contribution in [3.05, 3.63) is 23.8 Å². The summed E-state index contributed by atoms with van der Waals surface area (Å²) in [6, 6.07) is 5.10. The van der Waals surface area contributed by atoms with Crippen LogP contribution in [0.5, 0.6) is 11.5 Å². The van der Waals surface area contributed by atoms with Gasteiger partial charge in [0.15, 0.2) is 11.5 Å². The van der Waals surface area contributed by atoms with Crippen LogP contribution in [-0.2, 0) is 11.3 Å². The minimum absolute atomic E-state index is 0.0149. The Hall–Kier alpha value is -1.71. The molecule has 1 aromatic carbocycles. The molecule has 90 valence electrons. The van der Waals surface area contributed by atoms with Gasteiger partial charge in [-0.05, 0) is 36.5 Å². The zero-order chi connectivity index (χ0) is 12.0. The van der Waals surface area contributed by atoms with Crippen LogP contribution >= 0.6 is 0 Å². The summed E-state index contributed by atoms with van der Waals surface area (Å²) in [5.74, 6) is 1.39. The largest absolute Gasteiger partial charge is 0.504 e. The van der Waals surface area contributed by atoms with E-state index < -0.39 is 0 Å². The second-order valence-electron chi connectivity index (χ2n) is 4.95. The van der Waals surface area contributed by atoms with E-state index in [9.17, 15) is 9.90 Å². The van der Waals surface area contributed by atoms with Gasteiger partial charge in [-0.15, -0.1) is 0 Å². The van der Waals surface area contributed by atoms with E-state index in [1.165, 1.54) is 7.11 Å². The molecule has 0 spiro atoms. The molecule has 2 aliphatic carbocycles. The molecule has 0 aliphatic heterocycles. The zero-order valence-electron chi connectivity index (χ0n) is 9.69. The van der Waals surface area contributed by atoms with Crippen LogP contribution in [0.1, 0.15) is 18.4 Å². The topological polar surface area (TPSA) is 58.6 Å². The number of benzene rings is 1. The fraction of sp³-hybridized carbons (Fsp3) is 0.462. The van der Waals surface area contributed by atoms with Crippen molar-refractivity contribution in [2.45, 2.75) is 19.4 Å². The molecule has 2 saturated carbocycles. The van der Waals surface area contributed by atoms with Crippen LogP contribution in [0.3, 0.4) is 0 Å². The predicted molar refractivity (Wildman–Crippen MR) is 61.7 cm³/mol. The lowest BCUT2D eigenvalue weighted by Gasteiger charge is -2.09. The lowest BCUT2D eigenvalue weighted by Crippen LogP contribution is -2.27. The molecule has 4 nitrogen and oxygen atoms in total. The van der Waals surface area contributed by atoms with Gasteiger partial charge in [-0.3, -0.25) is 4.79 Å². The number of aromatic hydroxyl groups is 1. The number of ether oxygens (including phenoxy) is 1. The smallest absolute Gasteiger partial charge is 0.226 e. The fourth-order valence-corrected chi connectivity index (χ4v) is 2.26. The number of carbonyl (C=O) groups excluding carboxylic acids is 1. The van der Waals surface area contributed by atoms with Crippen LogP contribution in [0, 0.1) is 11.3 Å². The number of phenolic OH excluding ortho intramolecular Hbond substituents is 1. The van der Waals surface area contributed by atoms with Gasteiger partial charge in [0.25, 0.3) is 0 Å². The summed E-state index contributed by atoms with van der Waals surface area (Å²) in [6.45, 7) is 0.490. The summed E-state index contributed by atoms with van der Waals surface area (Å²) >= 11 is 0. The minimum Gasteiger partial charge on any atom is -0.504 e. The summed E-state index contributed by atoms with van der Waals surface area (Å²) < 4.78 is 5.02. The summed E-state index contributed by atoms with van der Waals surface area (Å²) in [6.07, 6.45) is 2.13. The highest BCUT2D eigenvalue weighted by Crippen LogP contribution is 2.75. The monoisotopic (exact) mass is 233 g/mol. The molecule has 0 saturated heterocycles. The second-order valence-corrected chi connectivity index (χ2v) is 4.95. The molecular weight excluding hydrogens is 218 g/mol. The van der Waals surface area contributed by atoms with E-state index >= 15 is 0 Å². The van der Waals surface area contributed by atoms with Gasteiger partial charge in [-0.25, -0.2) is 0 Å². The Kier molecular flexibility index (Phi) is 2.08. The highest BCUT2D eigenvalue weighted by molar-refractivity contribution is 5.89. The molecule has 3 rings (SSSR count). The number of carbonyl (C=O) groups is 1. The van der Waals surface area contributed by atoms with E-state index in [2.05, 4.69) is 5.32 Å². The van der Waals surface area contributed by atoms with Crippen molar-refractivity contribution in [3.8, 4) is 11.5 Å². The molecule has 0 heterocycles. The Labute approximate surface area is 99.6 Å². The third-order valence-electron chi connectivity index (χ3n) is 3.83. The van der Waals surface area contributed by atoms with Gasteiger partial charge >= 0.3 is 0 Å². The van der Waals surface area contributed by atoms with E-state index in [1.807, 2.05) is 0 Å². The fourth-order valence-electron chi connectivity index (χ4n) is 2.26. The summed E-state index contributed by atoms with van der Waals surface area (Å²) in [7, 11) is 1.51. The lowest BCUT2D eigenvalue weighted by atomic mass is 10.1. The van der Waals surface area contributed by atoms with Crippen LogP contribution in [0.2, 0.25) is 0 Å². The first-order chi connectivity index (χ1) is 8.15. The molecule has 0 unspecified atom stereocenters. The molecule has 0 radical (unpaired) electrons. The van der Waals surface area contributed by atoms with E-state index in [0.29, 0.717) is 18.2 Å². The first-order valence-corrected chi connectivity index (χ1v) is 5.80. The normalized spacial score (nSPS) is 28.2. The molecule has 1 aromatic rings. The Morgan fingerprint density at radius 2 is 2.29 bits per heavy atom. The average molecular weight is 233 g/mol. The first-order valence-electron chi connectivity index (χ1n) is 5.80. The van der Waals surface area contributed by atoms with E-state index in [1.54, 1.807) is 18.2 Å². The van der Waals surface area contributed by atoms with Gasteiger partial charge in [-0.2, -0.15) is 0 Å². The SMILES string of the molecule is COc1cc(CNC(=O)C23CC2C3)ccc1O. The van der Waals surface area contributed by atoms with Gasteiger partial charge in [0.1, 0.15) is 0 Å². The minimum atomic E-state index is 0.0149. The molecule has 2 N–H and O–H groups in total. The highest BCUT2D eigenvalue weighted by Gasteiger charge is 2.74. The molecule has 17 heavy (non-hydrogen) atoms. The number of fused-ring (bicyclic) bond motifs is 1. The molecule has 4 heteroatoms. The maximum Gasteiger partial charge on any atom is 0.226 e. The van der Waals surface area contributed by atoms with E-state index in [-0.39, 0.29) is 17.1 Å². The Morgan fingerprint density at radius 3 is 2.88 bits per heavy atom. The number of amides is 1. The molecular formula is C13H15NO3. The van der Waals surface area contributed by atoms with Gasteiger partial charge in [0.2, 0.25) is 5.91 Å². The quantitative estimate of drug-likeness (QED) is 0.827. The highest BCUT2D eigenvalue weighted by atomic mass is 16.5. The molecule has 0 aromatic heterocycles. The predicted octanol–water partition coefficient (Wildman–Crippen LogP) is 1.43. The number of hydrogen-bond donors (Lipinski definition) is 2. The maximum absolute atomic E-state index is 11.8. The van der Waals surface area contributed by atoms with Crippen LogP contribution in [0.4, 0.5) is 0 Å². The molecule has 1 amide bonds. The Bertz CT molecular complexity index is 478. The number of phenols is 1. The van der Waals surface area contributed by atoms with Crippen molar-refractivity contribution in [2.24, 2.45) is 11.3 Å². The van der Waals surface area contributed by atoms with Gasteiger partial charge in [0.05, 0.1) is 12.5 Å². The van der Waals surface area contributed by atoms with Crippen molar-refractivity contribution in [3.63, 3.8) is 0 Å². The van der Waals surface area contributed by atoms with Crippen LogP contribution in [-0.4, -0.2) is 18.1 Å². The van der Waals surface area contributed by atoms with E-state index in [4.69, 9.17) is 4.74 Å². The van der Waals surface area contributed by atoms with Crippen LogP contribution in [0.15, 0.2) is 18.2 Å². The maximum atomic E-state index is 11.8. The van der Waals surface area contributed by atoms with Crippen LogP contribution < -0.4 is 10.1 Å². The van der Waals surface area contributed by atoms with Crippen molar-refractivity contribution in [2.75, 3.05) is 7.11 Å². The molecule has 2 aliphatic rings. The number of rotatable bonds is 4. The third kappa shape index (κ3) is 1.64. The summed E-state index contributed by atoms with van der Waals surface area (Å²) in [4.78, 5) is 11.8. The van der Waals surface area contributed by atoms with Crippen LogP contribution in [0.25, 0.3) is 0 Å². The summed E-state index contributed by atoms with van der Waals surface area (Å²) in [5, 5.41) is 12.4. The standard InChI is InChI=1S/C13H15NO3/c1-17-11-4-8(2-3-10(11)15)7-14-12(16)13-5-9(13)6-13/h2-4,9,15H,5-7H2,1H3,(H,14,16). The molecule has 2 fully saturated rings. The molecule has 0 atom stereocenters. The summed E-state index contributed by atoms with van der Waals surface area (Å²) in [5.41, 5.74) is 0.948. The van der Waals surface area contributed by atoms with Crippen molar-refractivity contribution < 1.29 is 14.6 Å². The Morgan fingerprint density at radius 1 is 1.59 bits per heavy atom. The van der Waals surface area contributed by atoms with E-state index in [0.717, 1.165) is 18.4 Å². The average Bonchev–Trinajstić information content (AvgIpc) is 3.16. The van der Waals surface area contributed by atoms with Crippen molar-refractivity contribution in [1.29, 1.82) is 0 Å². The van der Waals surface area contributed by atoms with Crippen molar-refractivity contribution >= 4 is 5.91 Å². The third-order valence-corrected chi connectivity index (χ3v) is 3.83. The number of hydrogen-bond acceptors (Lipinski definition) is 3. The van der Waals surface area contributed by atoms with Crippen molar-refractivity contribution in [1.82, 2.24) is 5.32 Å². The molecule has 0 bridgehead atoms.